The van der Waals surface area contributed by atoms with Crippen LogP contribution in [0.4, 0.5) is 0 Å². The van der Waals surface area contributed by atoms with Gasteiger partial charge in [-0.1, -0.05) is 13.8 Å². The lowest BCUT2D eigenvalue weighted by Gasteiger charge is -2.40. The molecule has 2 aliphatic heterocycles. The largest absolute Gasteiger partial charge is 0.497 e. The van der Waals surface area contributed by atoms with Gasteiger partial charge in [0.1, 0.15) is 29.2 Å². The van der Waals surface area contributed by atoms with E-state index >= 15 is 0 Å². The molecule has 0 aliphatic carbocycles. The quantitative estimate of drug-likeness (QED) is 0.206. The fourth-order valence-electron chi connectivity index (χ4n) is 5.91. The van der Waals surface area contributed by atoms with E-state index in [9.17, 15) is 24.9 Å². The maximum atomic E-state index is 12.2. The lowest BCUT2D eigenvalue weighted by atomic mass is 9.98. The number of carboxylic acids is 2. The van der Waals surface area contributed by atoms with E-state index in [-0.39, 0.29) is 26.3 Å². The van der Waals surface area contributed by atoms with E-state index in [1.165, 1.54) is 21.3 Å². The average Bonchev–Trinajstić information content (AvgIpc) is 3.07. The van der Waals surface area contributed by atoms with Crippen LogP contribution in [0, 0.1) is 0 Å². The van der Waals surface area contributed by atoms with E-state index in [1.807, 2.05) is 27.7 Å². The summed E-state index contributed by atoms with van der Waals surface area (Å²) in [6.07, 6.45) is 0.172. The van der Waals surface area contributed by atoms with Crippen molar-refractivity contribution in [3.63, 3.8) is 0 Å². The first kappa shape index (κ1) is 37.2. The summed E-state index contributed by atoms with van der Waals surface area (Å²) >= 11 is 0. The van der Waals surface area contributed by atoms with Crippen molar-refractivity contribution >= 4 is 11.9 Å². The van der Waals surface area contributed by atoms with Gasteiger partial charge in [0.05, 0.1) is 53.2 Å². The molecule has 3 N–H and O–H groups in total. The zero-order valence-electron chi connectivity index (χ0n) is 28.7. The Bertz CT molecular complexity index is 1350. The molecule has 48 heavy (non-hydrogen) atoms. The van der Waals surface area contributed by atoms with Crippen molar-refractivity contribution in [3.05, 3.63) is 46.5 Å². The molecule has 4 unspecified atom stereocenters. The van der Waals surface area contributed by atoms with E-state index in [0.717, 1.165) is 0 Å². The molecule has 2 aromatic carbocycles. The third-order valence-corrected chi connectivity index (χ3v) is 8.94. The van der Waals surface area contributed by atoms with Gasteiger partial charge in [0.15, 0.2) is 0 Å². The number of aliphatic carboxylic acids is 2. The molecule has 14 heteroatoms. The second kappa shape index (κ2) is 15.7. The molecule has 2 aromatic rings. The smallest absolute Gasteiger partial charge is 0.317 e. The van der Waals surface area contributed by atoms with Gasteiger partial charge in [-0.05, 0) is 24.3 Å². The molecule has 4 rings (SSSR count). The van der Waals surface area contributed by atoms with Gasteiger partial charge in [-0.25, -0.2) is 0 Å². The number of carbonyl (C=O) groups is 2. The van der Waals surface area contributed by atoms with E-state index in [2.05, 4.69) is 0 Å². The molecular formula is C34H48N2O12. The lowest BCUT2D eigenvalue weighted by Crippen LogP contribution is -2.45. The van der Waals surface area contributed by atoms with Crippen molar-refractivity contribution < 1.29 is 58.1 Å². The molecule has 4 atom stereocenters. The lowest BCUT2D eigenvalue weighted by molar-refractivity contribution is -0.196. The Balaban J connectivity index is 1.73. The number of carboxylic acid groups (broad SMARTS) is 2. The maximum Gasteiger partial charge on any atom is 0.317 e. The van der Waals surface area contributed by atoms with Crippen LogP contribution in [-0.4, -0.2) is 103 Å². The van der Waals surface area contributed by atoms with Crippen molar-refractivity contribution in [2.24, 2.45) is 0 Å². The van der Waals surface area contributed by atoms with Gasteiger partial charge in [0, 0.05) is 69.1 Å². The Labute approximate surface area is 281 Å². The highest BCUT2D eigenvalue weighted by atomic mass is 16.7. The summed E-state index contributed by atoms with van der Waals surface area (Å²) < 4.78 is 41.6. The summed E-state index contributed by atoms with van der Waals surface area (Å²) in [7, 11) is 4.50. The maximum absolute atomic E-state index is 12.2. The molecule has 0 fully saturated rings. The second-order valence-electron chi connectivity index (χ2n) is 12.2. The Morgan fingerprint density at radius 3 is 1.69 bits per heavy atom. The zero-order valence-corrected chi connectivity index (χ0v) is 28.7. The summed E-state index contributed by atoms with van der Waals surface area (Å²) in [4.78, 5) is 27.6. The number of hydrogen-bond acceptors (Lipinski definition) is 12. The topological polar surface area (TPSA) is 166 Å². The molecular weight excluding hydrogens is 628 g/mol. The van der Waals surface area contributed by atoms with Crippen LogP contribution in [0.15, 0.2) is 24.3 Å². The molecule has 266 valence electrons. The van der Waals surface area contributed by atoms with Crippen LogP contribution < -0.4 is 18.9 Å². The summed E-state index contributed by atoms with van der Waals surface area (Å²) in [5.74, 6) is -2.09. The van der Waals surface area contributed by atoms with Gasteiger partial charge in [0.2, 0.25) is 11.6 Å². The minimum Gasteiger partial charge on any atom is -0.497 e. The molecule has 2 heterocycles. The molecule has 0 amide bonds. The highest BCUT2D eigenvalue weighted by Crippen LogP contribution is 2.44. The van der Waals surface area contributed by atoms with E-state index in [1.54, 1.807) is 34.1 Å². The number of hydrogen-bond donors (Lipinski definition) is 3. The number of benzene rings is 2. The van der Waals surface area contributed by atoms with Crippen molar-refractivity contribution in [2.45, 2.75) is 77.6 Å². The zero-order chi connectivity index (χ0) is 35.2. The van der Waals surface area contributed by atoms with Gasteiger partial charge >= 0.3 is 11.9 Å². The molecule has 0 bridgehead atoms. The Morgan fingerprint density at radius 1 is 0.792 bits per heavy atom. The van der Waals surface area contributed by atoms with Gasteiger partial charge in [-0.15, -0.1) is 0 Å². The van der Waals surface area contributed by atoms with Crippen LogP contribution in [0.5, 0.6) is 23.0 Å². The minimum absolute atomic E-state index is 0.0288. The monoisotopic (exact) mass is 676 g/mol. The van der Waals surface area contributed by atoms with Crippen LogP contribution in [0.3, 0.4) is 0 Å². The van der Waals surface area contributed by atoms with Gasteiger partial charge in [0.25, 0.3) is 0 Å². The highest BCUT2D eigenvalue weighted by molar-refractivity contribution is 5.70. The van der Waals surface area contributed by atoms with E-state index in [0.29, 0.717) is 58.1 Å². The van der Waals surface area contributed by atoms with Crippen LogP contribution in [0.1, 0.15) is 75.1 Å². The first-order valence-electron chi connectivity index (χ1n) is 16.0. The number of fused-ring (bicyclic) bond motifs is 2. The Morgan fingerprint density at radius 2 is 1.25 bits per heavy atom. The van der Waals surface area contributed by atoms with Crippen LogP contribution in [-0.2, 0) is 37.0 Å². The fraction of sp³-hybridized carbons (Fsp3) is 0.588. The van der Waals surface area contributed by atoms with Crippen molar-refractivity contribution in [1.82, 2.24) is 9.80 Å². The third kappa shape index (κ3) is 8.31. The first-order valence-corrected chi connectivity index (χ1v) is 16.0. The highest BCUT2D eigenvalue weighted by Gasteiger charge is 2.38. The Hall–Kier alpha value is -3.66. The van der Waals surface area contributed by atoms with Crippen LogP contribution in [0.25, 0.3) is 0 Å². The second-order valence-corrected chi connectivity index (χ2v) is 12.2. The van der Waals surface area contributed by atoms with Crippen molar-refractivity contribution in [1.29, 1.82) is 0 Å². The Kier molecular flexibility index (Phi) is 12.2. The predicted octanol–water partition coefficient (Wildman–Crippen LogP) is 3.93. The van der Waals surface area contributed by atoms with Crippen LogP contribution in [0.2, 0.25) is 0 Å². The standard InChI is InChI=1S/C34H48N2O12/c1-8-33(3)45-19-21-12-23(42-5)14-25(30(21)47-33)27(18-37)35(16-28(38)39)10-11-36(17-29(40)41)32(44-7)26-15-24(43-6)13-22-20-46-34(4,9-2)48-31(22)26/h12-15,27,32,37H,8-11,16-20H2,1-7H3,(H,38,39)(H,40,41). The van der Waals surface area contributed by atoms with Crippen molar-refractivity contribution in [3.8, 4) is 23.0 Å². The fourth-order valence-corrected chi connectivity index (χ4v) is 5.91. The molecule has 0 saturated carbocycles. The summed E-state index contributed by atoms with van der Waals surface area (Å²) in [6, 6.07) is 6.19. The summed E-state index contributed by atoms with van der Waals surface area (Å²) in [6.45, 7) is 6.70. The average molecular weight is 677 g/mol. The molecule has 0 spiro atoms. The number of aliphatic hydroxyl groups excluding tert-OH is 1. The summed E-state index contributed by atoms with van der Waals surface area (Å²) in [5, 5.41) is 30.7. The third-order valence-electron chi connectivity index (χ3n) is 8.94. The van der Waals surface area contributed by atoms with Crippen molar-refractivity contribution in [2.75, 3.05) is 54.1 Å². The number of nitrogens with zero attached hydrogens (tertiary/aromatic N) is 2. The van der Waals surface area contributed by atoms with Gasteiger partial charge < -0.3 is 48.5 Å². The molecule has 0 aromatic heterocycles. The predicted molar refractivity (Wildman–Crippen MR) is 172 cm³/mol. The number of ether oxygens (including phenoxy) is 7. The molecule has 0 radical (unpaired) electrons. The van der Waals surface area contributed by atoms with E-state index < -0.39 is 55.5 Å². The number of methoxy groups -OCH3 is 3. The SMILES string of the molecule is CCC1(C)OCc2cc(OC)cc(C(CO)N(CCN(CC(=O)O)C(OC)c3cc(OC)cc4c3OC(C)(CC)OC4)CC(=O)O)c2O1. The molecule has 2 aliphatic rings. The van der Waals surface area contributed by atoms with Crippen LogP contribution >= 0.6 is 0 Å². The normalized spacial score (nSPS) is 21.5. The first-order chi connectivity index (χ1) is 22.8. The van der Waals surface area contributed by atoms with Gasteiger partial charge in [-0.3, -0.25) is 19.4 Å². The number of aliphatic hydroxyl groups is 1. The number of rotatable bonds is 17. The summed E-state index contributed by atoms with van der Waals surface area (Å²) in [5.41, 5.74) is 2.47. The molecule has 14 nitrogen and oxygen atoms in total. The molecule has 0 saturated heterocycles. The van der Waals surface area contributed by atoms with E-state index in [4.69, 9.17) is 33.2 Å². The minimum atomic E-state index is -1.13. The van der Waals surface area contributed by atoms with Gasteiger partial charge in [-0.2, -0.15) is 0 Å².